The molecular formula is C20H16BrClN2O3. The summed E-state index contributed by atoms with van der Waals surface area (Å²) >= 11 is 9.23. The van der Waals surface area contributed by atoms with Crippen molar-refractivity contribution in [2.45, 2.75) is 13.8 Å². The van der Waals surface area contributed by atoms with Crippen LogP contribution in [0.1, 0.15) is 32.2 Å². The topological polar surface area (TPSA) is 71.3 Å². The third kappa shape index (κ3) is 4.23. The first-order valence-electron chi connectivity index (χ1n) is 8.09. The highest BCUT2D eigenvalue weighted by Crippen LogP contribution is 2.29. The fourth-order valence-electron chi connectivity index (χ4n) is 2.60. The number of amides is 2. The van der Waals surface area contributed by atoms with E-state index in [-0.39, 0.29) is 11.8 Å². The molecule has 1 aromatic heterocycles. The Labute approximate surface area is 169 Å². The van der Waals surface area contributed by atoms with E-state index in [0.29, 0.717) is 43.5 Å². The monoisotopic (exact) mass is 446 g/mol. The summed E-state index contributed by atoms with van der Waals surface area (Å²) in [6.07, 6.45) is 0. The predicted octanol–water partition coefficient (Wildman–Crippen LogP) is 5.82. The van der Waals surface area contributed by atoms with Gasteiger partial charge in [-0.3, -0.25) is 9.59 Å². The number of nitrogens with one attached hydrogen (secondary N) is 2. The zero-order chi connectivity index (χ0) is 19.6. The molecule has 0 aliphatic carbocycles. The van der Waals surface area contributed by atoms with Gasteiger partial charge in [0.25, 0.3) is 11.8 Å². The van der Waals surface area contributed by atoms with E-state index in [0.717, 1.165) is 0 Å². The second kappa shape index (κ2) is 7.98. The summed E-state index contributed by atoms with van der Waals surface area (Å²) in [7, 11) is 0. The van der Waals surface area contributed by atoms with E-state index in [1.165, 1.54) is 0 Å². The van der Waals surface area contributed by atoms with Crippen LogP contribution >= 0.6 is 27.5 Å². The van der Waals surface area contributed by atoms with Gasteiger partial charge in [0.1, 0.15) is 11.5 Å². The fourth-order valence-corrected chi connectivity index (χ4v) is 3.26. The maximum Gasteiger partial charge on any atom is 0.260 e. The molecule has 0 unspecified atom stereocenters. The minimum Gasteiger partial charge on any atom is -0.465 e. The van der Waals surface area contributed by atoms with Gasteiger partial charge >= 0.3 is 0 Å². The minimum atomic E-state index is -0.329. The largest absolute Gasteiger partial charge is 0.465 e. The van der Waals surface area contributed by atoms with Gasteiger partial charge in [-0.15, -0.1) is 0 Å². The van der Waals surface area contributed by atoms with Crippen molar-refractivity contribution < 1.29 is 14.0 Å². The van der Waals surface area contributed by atoms with Crippen molar-refractivity contribution in [2.24, 2.45) is 0 Å². The number of anilines is 2. The van der Waals surface area contributed by atoms with Crippen molar-refractivity contribution in [3.8, 4) is 0 Å². The van der Waals surface area contributed by atoms with Crippen molar-refractivity contribution in [3.63, 3.8) is 0 Å². The standard InChI is InChI=1S/C20H16BrClN2O3/c1-11-17(18(21)12(2)27-11)20(26)24-16-6-4-3-5-15(16)23-19(25)13-7-9-14(22)10-8-13/h3-10H,1-2H3,(H,23,25)(H,24,26). The van der Waals surface area contributed by atoms with Crippen LogP contribution < -0.4 is 10.6 Å². The molecule has 1 heterocycles. The lowest BCUT2D eigenvalue weighted by atomic mass is 10.2. The minimum absolute atomic E-state index is 0.301. The van der Waals surface area contributed by atoms with E-state index < -0.39 is 0 Å². The zero-order valence-electron chi connectivity index (χ0n) is 14.6. The smallest absolute Gasteiger partial charge is 0.260 e. The molecule has 0 saturated heterocycles. The summed E-state index contributed by atoms with van der Waals surface area (Å²) in [4.78, 5) is 25.1. The second-order valence-corrected chi connectivity index (χ2v) is 7.09. The van der Waals surface area contributed by atoms with E-state index in [4.69, 9.17) is 16.0 Å². The summed E-state index contributed by atoms with van der Waals surface area (Å²) < 4.78 is 6.09. The molecule has 0 fully saturated rings. The Morgan fingerprint density at radius 3 is 1.96 bits per heavy atom. The van der Waals surface area contributed by atoms with Crippen LogP contribution in [0, 0.1) is 13.8 Å². The molecule has 138 valence electrons. The molecule has 0 saturated carbocycles. The lowest BCUT2D eigenvalue weighted by molar-refractivity contribution is 0.101. The summed E-state index contributed by atoms with van der Waals surface area (Å²) in [5.41, 5.74) is 1.85. The van der Waals surface area contributed by atoms with E-state index >= 15 is 0 Å². The first-order valence-corrected chi connectivity index (χ1v) is 9.26. The average Bonchev–Trinajstić information content (AvgIpc) is 2.89. The molecule has 0 radical (unpaired) electrons. The maximum atomic E-state index is 12.7. The number of hydrogen-bond acceptors (Lipinski definition) is 3. The molecule has 5 nitrogen and oxygen atoms in total. The third-order valence-corrected chi connectivity index (χ3v) is 5.15. The van der Waals surface area contributed by atoms with Crippen molar-refractivity contribution >= 4 is 50.7 Å². The number of halogens is 2. The summed E-state index contributed by atoms with van der Waals surface area (Å²) in [5, 5.41) is 6.18. The summed E-state index contributed by atoms with van der Waals surface area (Å²) in [5.74, 6) is 0.510. The van der Waals surface area contributed by atoms with Crippen molar-refractivity contribution in [3.05, 3.63) is 80.7 Å². The van der Waals surface area contributed by atoms with Gasteiger partial charge in [-0.05, 0) is 66.2 Å². The normalized spacial score (nSPS) is 10.5. The number of aryl methyl sites for hydroxylation is 2. The Bertz CT molecular complexity index is 1010. The molecular weight excluding hydrogens is 432 g/mol. The van der Waals surface area contributed by atoms with Crippen LogP contribution in [0.5, 0.6) is 0 Å². The van der Waals surface area contributed by atoms with Gasteiger partial charge in [0, 0.05) is 10.6 Å². The van der Waals surface area contributed by atoms with Gasteiger partial charge in [-0.25, -0.2) is 0 Å². The highest BCUT2D eigenvalue weighted by atomic mass is 79.9. The van der Waals surface area contributed by atoms with Gasteiger partial charge in [0.2, 0.25) is 0 Å². The van der Waals surface area contributed by atoms with Crippen LogP contribution in [0.2, 0.25) is 5.02 Å². The van der Waals surface area contributed by atoms with Gasteiger partial charge in [-0.1, -0.05) is 23.7 Å². The Balaban J connectivity index is 1.82. The van der Waals surface area contributed by atoms with Crippen LogP contribution in [0.3, 0.4) is 0 Å². The number of hydrogen-bond donors (Lipinski definition) is 2. The zero-order valence-corrected chi connectivity index (χ0v) is 16.9. The number of para-hydroxylation sites is 2. The van der Waals surface area contributed by atoms with Crippen LogP contribution in [-0.2, 0) is 0 Å². The van der Waals surface area contributed by atoms with Crippen LogP contribution in [0.4, 0.5) is 11.4 Å². The molecule has 3 aromatic rings. The predicted molar refractivity (Wildman–Crippen MR) is 110 cm³/mol. The van der Waals surface area contributed by atoms with Crippen LogP contribution in [-0.4, -0.2) is 11.8 Å². The number of carbonyl (C=O) groups is 2. The highest BCUT2D eigenvalue weighted by Gasteiger charge is 2.21. The molecule has 27 heavy (non-hydrogen) atoms. The molecule has 0 spiro atoms. The number of benzene rings is 2. The van der Waals surface area contributed by atoms with Gasteiger partial charge in [0.05, 0.1) is 21.4 Å². The summed E-state index contributed by atoms with van der Waals surface area (Å²) in [6, 6.07) is 13.5. The van der Waals surface area contributed by atoms with Crippen LogP contribution in [0.15, 0.2) is 57.4 Å². The average molecular weight is 448 g/mol. The first kappa shape index (κ1) is 19.2. The van der Waals surface area contributed by atoms with E-state index in [2.05, 4.69) is 26.6 Å². The quantitative estimate of drug-likeness (QED) is 0.529. The third-order valence-electron chi connectivity index (χ3n) is 3.94. The van der Waals surface area contributed by atoms with Crippen molar-refractivity contribution in [1.29, 1.82) is 0 Å². The Morgan fingerprint density at radius 2 is 1.44 bits per heavy atom. The summed E-state index contributed by atoms with van der Waals surface area (Å²) in [6.45, 7) is 3.50. The SMILES string of the molecule is Cc1oc(C)c(C(=O)Nc2ccccc2NC(=O)c2ccc(Cl)cc2)c1Br. The van der Waals surface area contributed by atoms with E-state index in [9.17, 15) is 9.59 Å². The van der Waals surface area contributed by atoms with Gasteiger partial charge in [0.15, 0.2) is 0 Å². The molecule has 7 heteroatoms. The molecule has 2 N–H and O–H groups in total. The van der Waals surface area contributed by atoms with Gasteiger partial charge < -0.3 is 15.1 Å². The first-order chi connectivity index (χ1) is 12.9. The van der Waals surface area contributed by atoms with E-state index in [1.807, 2.05) is 0 Å². The highest BCUT2D eigenvalue weighted by molar-refractivity contribution is 9.10. The second-order valence-electron chi connectivity index (χ2n) is 5.86. The Hall–Kier alpha value is -2.57. The lowest BCUT2D eigenvalue weighted by Crippen LogP contribution is -2.17. The molecule has 0 aliphatic rings. The maximum absolute atomic E-state index is 12.7. The van der Waals surface area contributed by atoms with Crippen molar-refractivity contribution in [2.75, 3.05) is 10.6 Å². The molecule has 0 atom stereocenters. The molecule has 0 bridgehead atoms. The molecule has 2 aromatic carbocycles. The molecule has 2 amide bonds. The van der Waals surface area contributed by atoms with Crippen molar-refractivity contribution in [1.82, 2.24) is 0 Å². The van der Waals surface area contributed by atoms with Crippen LogP contribution in [0.25, 0.3) is 0 Å². The van der Waals surface area contributed by atoms with Gasteiger partial charge in [-0.2, -0.15) is 0 Å². The Morgan fingerprint density at radius 1 is 0.889 bits per heavy atom. The number of rotatable bonds is 4. The Kier molecular flexibility index (Phi) is 5.68. The fraction of sp³-hybridized carbons (Fsp3) is 0.100. The molecule has 0 aliphatic heterocycles. The number of furan rings is 1. The lowest BCUT2D eigenvalue weighted by Gasteiger charge is -2.12. The number of carbonyl (C=O) groups excluding carboxylic acids is 2. The van der Waals surface area contributed by atoms with E-state index in [1.54, 1.807) is 62.4 Å². The molecule has 3 rings (SSSR count).